The Kier molecular flexibility index (Phi) is 4.06. The highest BCUT2D eigenvalue weighted by Crippen LogP contribution is 2.26. The molecular weight excluding hydrogens is 307 g/mol. The first-order valence-electron chi connectivity index (χ1n) is 6.59. The quantitative estimate of drug-likeness (QED) is 0.714. The monoisotopic (exact) mass is 318 g/mol. The molecule has 0 saturated heterocycles. The van der Waals surface area contributed by atoms with Gasteiger partial charge >= 0.3 is 0 Å². The summed E-state index contributed by atoms with van der Waals surface area (Å²) in [5.74, 6) is 0.680. The Labute approximate surface area is 131 Å². The predicted octanol–water partition coefficient (Wildman–Crippen LogP) is 4.42. The smallest absolute Gasteiger partial charge is 0.254 e. The average Bonchev–Trinajstić information content (AvgIpc) is 2.95. The van der Waals surface area contributed by atoms with Crippen LogP contribution in [0.5, 0.6) is 5.75 Å². The fraction of sp³-hybridized carbons (Fsp3) is 0.125. The molecule has 4 nitrogen and oxygen atoms in total. The van der Waals surface area contributed by atoms with Gasteiger partial charge in [0.05, 0.1) is 5.02 Å². The zero-order chi connectivity index (χ0) is 15.5. The highest BCUT2D eigenvalue weighted by Gasteiger charge is 2.10. The van der Waals surface area contributed by atoms with Crippen LogP contribution in [0.4, 0.5) is 4.39 Å². The van der Waals surface area contributed by atoms with Crippen molar-refractivity contribution in [3.63, 3.8) is 0 Å². The highest BCUT2D eigenvalue weighted by atomic mass is 35.5. The van der Waals surface area contributed by atoms with Gasteiger partial charge in [-0.2, -0.15) is 0 Å². The average molecular weight is 319 g/mol. The normalized spacial score (nSPS) is 10.7. The van der Waals surface area contributed by atoms with Gasteiger partial charge in [-0.15, -0.1) is 10.2 Å². The van der Waals surface area contributed by atoms with E-state index in [2.05, 4.69) is 10.2 Å². The molecule has 0 radical (unpaired) electrons. The molecule has 6 heteroatoms. The van der Waals surface area contributed by atoms with Crippen molar-refractivity contribution in [3.8, 4) is 17.2 Å². The van der Waals surface area contributed by atoms with Gasteiger partial charge < -0.3 is 9.15 Å². The van der Waals surface area contributed by atoms with Crippen molar-refractivity contribution in [1.82, 2.24) is 10.2 Å². The molecule has 1 heterocycles. The molecule has 0 fully saturated rings. The van der Waals surface area contributed by atoms with E-state index in [1.165, 1.54) is 18.2 Å². The number of halogens is 2. The van der Waals surface area contributed by atoms with Gasteiger partial charge in [-0.3, -0.25) is 0 Å². The predicted molar refractivity (Wildman–Crippen MR) is 80.2 cm³/mol. The molecule has 0 aliphatic rings. The maximum atomic E-state index is 13.0. The van der Waals surface area contributed by atoms with Gasteiger partial charge in [0.15, 0.2) is 6.61 Å². The number of hydrogen-bond acceptors (Lipinski definition) is 4. The van der Waals surface area contributed by atoms with Crippen LogP contribution in [0.15, 0.2) is 46.9 Å². The second kappa shape index (κ2) is 6.15. The first kappa shape index (κ1) is 14.5. The summed E-state index contributed by atoms with van der Waals surface area (Å²) in [4.78, 5) is 0. The molecule has 3 aromatic rings. The molecule has 2 aromatic carbocycles. The molecule has 0 saturated carbocycles. The lowest BCUT2D eigenvalue weighted by molar-refractivity contribution is 0.264. The Balaban J connectivity index is 1.72. The molecule has 1 aromatic heterocycles. The second-order valence-corrected chi connectivity index (χ2v) is 5.14. The maximum absolute atomic E-state index is 13.0. The van der Waals surface area contributed by atoms with E-state index < -0.39 is 5.82 Å². The van der Waals surface area contributed by atoms with Crippen LogP contribution in [-0.2, 0) is 6.61 Å². The minimum absolute atomic E-state index is 0.0597. The van der Waals surface area contributed by atoms with E-state index >= 15 is 0 Å². The van der Waals surface area contributed by atoms with Gasteiger partial charge in [0.25, 0.3) is 5.89 Å². The summed E-state index contributed by atoms with van der Waals surface area (Å²) < 4.78 is 24.0. The van der Waals surface area contributed by atoms with E-state index in [-0.39, 0.29) is 11.6 Å². The van der Waals surface area contributed by atoms with Crippen molar-refractivity contribution in [1.29, 1.82) is 0 Å². The topological polar surface area (TPSA) is 48.2 Å². The van der Waals surface area contributed by atoms with Gasteiger partial charge in [0, 0.05) is 5.56 Å². The van der Waals surface area contributed by atoms with E-state index in [0.29, 0.717) is 17.5 Å². The van der Waals surface area contributed by atoms with Gasteiger partial charge in [-0.25, -0.2) is 4.39 Å². The first-order chi connectivity index (χ1) is 10.6. The SMILES string of the molecule is Cc1cccc(-c2nnc(COc3ccc(F)cc3Cl)o2)c1. The Morgan fingerprint density at radius 3 is 2.82 bits per heavy atom. The summed E-state index contributed by atoms with van der Waals surface area (Å²) in [6.45, 7) is 2.05. The van der Waals surface area contributed by atoms with Crippen LogP contribution < -0.4 is 4.74 Å². The van der Waals surface area contributed by atoms with Crippen LogP contribution in [0, 0.1) is 12.7 Å². The molecule has 0 unspecified atom stereocenters. The standard InChI is InChI=1S/C16H12ClFN2O2/c1-10-3-2-4-11(7-10)16-20-19-15(22-16)9-21-14-6-5-12(18)8-13(14)17/h2-8H,9H2,1H3. The number of aromatic nitrogens is 2. The molecule has 3 rings (SSSR count). The molecule has 0 N–H and O–H groups in total. The van der Waals surface area contributed by atoms with Crippen LogP contribution >= 0.6 is 11.6 Å². The van der Waals surface area contributed by atoms with E-state index in [4.69, 9.17) is 20.8 Å². The van der Waals surface area contributed by atoms with Crippen molar-refractivity contribution in [2.45, 2.75) is 13.5 Å². The lowest BCUT2D eigenvalue weighted by atomic mass is 10.1. The van der Waals surface area contributed by atoms with E-state index in [0.717, 1.165) is 11.1 Å². The number of aryl methyl sites for hydroxylation is 1. The molecule has 0 bridgehead atoms. The largest absolute Gasteiger partial charge is 0.482 e. The lowest BCUT2D eigenvalue weighted by Gasteiger charge is -2.05. The number of hydrogen-bond donors (Lipinski definition) is 0. The van der Waals surface area contributed by atoms with Crippen molar-refractivity contribution >= 4 is 11.6 Å². The van der Waals surface area contributed by atoms with Crippen molar-refractivity contribution in [2.24, 2.45) is 0 Å². The Hall–Kier alpha value is -2.40. The van der Waals surface area contributed by atoms with Crippen LogP contribution in [0.2, 0.25) is 5.02 Å². The molecule has 0 atom stereocenters. The third-order valence-electron chi connectivity index (χ3n) is 2.98. The number of ether oxygens (including phenoxy) is 1. The van der Waals surface area contributed by atoms with Crippen LogP contribution in [0.1, 0.15) is 11.5 Å². The molecule has 0 spiro atoms. The fourth-order valence-electron chi connectivity index (χ4n) is 1.94. The number of rotatable bonds is 4. The van der Waals surface area contributed by atoms with Crippen LogP contribution in [-0.4, -0.2) is 10.2 Å². The molecular formula is C16H12ClFN2O2. The summed E-state index contributed by atoms with van der Waals surface area (Å²) in [6, 6.07) is 11.7. The molecule has 22 heavy (non-hydrogen) atoms. The van der Waals surface area contributed by atoms with Gasteiger partial charge in [0.2, 0.25) is 5.89 Å². The maximum Gasteiger partial charge on any atom is 0.254 e. The minimum Gasteiger partial charge on any atom is -0.482 e. The zero-order valence-corrected chi connectivity index (χ0v) is 12.5. The number of benzene rings is 2. The third-order valence-corrected chi connectivity index (χ3v) is 3.27. The van der Waals surface area contributed by atoms with Gasteiger partial charge in [0.1, 0.15) is 11.6 Å². The molecule has 112 valence electrons. The Bertz CT molecular complexity index is 804. The fourth-order valence-corrected chi connectivity index (χ4v) is 2.16. The van der Waals surface area contributed by atoms with E-state index in [1.54, 1.807) is 0 Å². The first-order valence-corrected chi connectivity index (χ1v) is 6.97. The Morgan fingerprint density at radius 1 is 1.18 bits per heavy atom. The Morgan fingerprint density at radius 2 is 2.05 bits per heavy atom. The molecule has 0 aliphatic heterocycles. The second-order valence-electron chi connectivity index (χ2n) is 4.73. The summed E-state index contributed by atoms with van der Waals surface area (Å²) in [6.07, 6.45) is 0. The van der Waals surface area contributed by atoms with Crippen LogP contribution in [0.3, 0.4) is 0 Å². The van der Waals surface area contributed by atoms with Crippen LogP contribution in [0.25, 0.3) is 11.5 Å². The van der Waals surface area contributed by atoms with E-state index in [1.807, 2.05) is 31.2 Å². The van der Waals surface area contributed by atoms with Crippen molar-refractivity contribution < 1.29 is 13.5 Å². The van der Waals surface area contributed by atoms with Crippen molar-refractivity contribution in [2.75, 3.05) is 0 Å². The zero-order valence-electron chi connectivity index (χ0n) is 11.7. The summed E-state index contributed by atoms with van der Waals surface area (Å²) in [5, 5.41) is 8.11. The number of nitrogens with zero attached hydrogens (tertiary/aromatic N) is 2. The summed E-state index contributed by atoms with van der Waals surface area (Å²) in [5.41, 5.74) is 1.95. The third kappa shape index (κ3) is 3.26. The van der Waals surface area contributed by atoms with E-state index in [9.17, 15) is 4.39 Å². The highest BCUT2D eigenvalue weighted by molar-refractivity contribution is 6.32. The summed E-state index contributed by atoms with van der Waals surface area (Å²) in [7, 11) is 0. The molecule has 0 amide bonds. The lowest BCUT2D eigenvalue weighted by Crippen LogP contribution is -1.96. The van der Waals surface area contributed by atoms with Crippen molar-refractivity contribution in [3.05, 3.63) is 64.8 Å². The van der Waals surface area contributed by atoms with Gasteiger partial charge in [-0.05, 0) is 37.3 Å². The van der Waals surface area contributed by atoms with Gasteiger partial charge in [-0.1, -0.05) is 29.3 Å². The minimum atomic E-state index is -0.420. The summed E-state index contributed by atoms with van der Waals surface area (Å²) >= 11 is 5.88. The molecule has 0 aliphatic carbocycles.